The van der Waals surface area contributed by atoms with E-state index in [9.17, 15) is 0 Å². The zero-order chi connectivity index (χ0) is 10.3. The quantitative estimate of drug-likeness (QED) is 0.529. The maximum atomic E-state index is 2.40. The van der Waals surface area contributed by atoms with Crippen LogP contribution in [0.1, 0.15) is 66.7 Å². The predicted molar refractivity (Wildman–Crippen MR) is 61.7 cm³/mol. The second-order valence-corrected chi connectivity index (χ2v) is 4.18. The summed E-state index contributed by atoms with van der Waals surface area (Å²) in [6.07, 6.45) is 6.66. The first-order chi connectivity index (χ1) is 6.19. The zero-order valence-electron chi connectivity index (χ0n) is 10.2. The highest BCUT2D eigenvalue weighted by Crippen LogP contribution is 2.29. The minimum atomic E-state index is 0.847. The highest BCUT2D eigenvalue weighted by molar-refractivity contribution is 4.92. The smallest absolute Gasteiger partial charge is 0.0218 e. The van der Waals surface area contributed by atoms with Gasteiger partial charge < -0.3 is 0 Å². The van der Waals surface area contributed by atoms with Gasteiger partial charge in [0, 0.05) is 0 Å². The van der Waals surface area contributed by atoms with E-state index in [1.807, 2.05) is 0 Å². The Bertz CT molecular complexity index is 98.6. The molecule has 0 rings (SSSR count). The first-order valence-corrected chi connectivity index (χ1v) is 6.03. The number of hydrogen-bond acceptors (Lipinski definition) is 0. The molecule has 79 valence electrons. The second kappa shape index (κ2) is 7.41. The molecule has 0 aliphatic rings. The molecule has 1 radical (unpaired) electrons. The lowest BCUT2D eigenvalue weighted by molar-refractivity contribution is 0.365. The molecule has 0 bridgehead atoms. The summed E-state index contributed by atoms with van der Waals surface area (Å²) in [5, 5.41) is 0. The standard InChI is InChI=1S/C13H27/c1-6-12(7-2)10-11(5)13(8-3)9-4/h11-12H,6-10H2,1-5H3. The summed E-state index contributed by atoms with van der Waals surface area (Å²) in [6.45, 7) is 11.6. The molecule has 0 heteroatoms. The normalized spacial score (nSPS) is 14.1. The topological polar surface area (TPSA) is 0 Å². The van der Waals surface area contributed by atoms with Crippen LogP contribution in [0, 0.1) is 17.8 Å². The lowest BCUT2D eigenvalue weighted by Gasteiger charge is -2.24. The molecule has 0 aromatic heterocycles. The summed E-state index contributed by atoms with van der Waals surface area (Å²) in [4.78, 5) is 0. The van der Waals surface area contributed by atoms with Gasteiger partial charge in [0.2, 0.25) is 0 Å². The van der Waals surface area contributed by atoms with E-state index in [-0.39, 0.29) is 0 Å². The zero-order valence-corrected chi connectivity index (χ0v) is 10.2. The fraction of sp³-hybridized carbons (Fsp3) is 0.923. The lowest BCUT2D eigenvalue weighted by Crippen LogP contribution is -2.12. The second-order valence-electron chi connectivity index (χ2n) is 4.18. The Kier molecular flexibility index (Phi) is 7.41. The SMILES string of the molecule is CC[C](CC)C(C)CC(CC)CC. The molecule has 1 unspecified atom stereocenters. The molecule has 0 heterocycles. The van der Waals surface area contributed by atoms with Gasteiger partial charge in [-0.05, 0) is 37.0 Å². The third kappa shape index (κ3) is 4.69. The van der Waals surface area contributed by atoms with E-state index >= 15 is 0 Å². The average molecular weight is 183 g/mol. The highest BCUT2D eigenvalue weighted by atomic mass is 14.2. The van der Waals surface area contributed by atoms with Crippen LogP contribution in [0.4, 0.5) is 0 Å². The Morgan fingerprint density at radius 3 is 1.69 bits per heavy atom. The highest BCUT2D eigenvalue weighted by Gasteiger charge is 2.17. The van der Waals surface area contributed by atoms with Crippen molar-refractivity contribution in [3.63, 3.8) is 0 Å². The number of rotatable bonds is 7. The minimum Gasteiger partial charge on any atom is -0.0651 e. The van der Waals surface area contributed by atoms with Gasteiger partial charge in [0.05, 0.1) is 0 Å². The van der Waals surface area contributed by atoms with Gasteiger partial charge >= 0.3 is 0 Å². The summed E-state index contributed by atoms with van der Waals surface area (Å²) in [7, 11) is 0. The molecule has 1 atom stereocenters. The van der Waals surface area contributed by atoms with Gasteiger partial charge in [-0.15, -0.1) is 0 Å². The van der Waals surface area contributed by atoms with Crippen molar-refractivity contribution in [3.05, 3.63) is 5.92 Å². The van der Waals surface area contributed by atoms with Crippen LogP contribution in [-0.4, -0.2) is 0 Å². The van der Waals surface area contributed by atoms with Crippen molar-refractivity contribution in [3.8, 4) is 0 Å². The Morgan fingerprint density at radius 1 is 0.923 bits per heavy atom. The maximum absolute atomic E-state index is 2.40. The maximum Gasteiger partial charge on any atom is -0.0218 e. The van der Waals surface area contributed by atoms with Crippen molar-refractivity contribution in [2.75, 3.05) is 0 Å². The van der Waals surface area contributed by atoms with Crippen LogP contribution < -0.4 is 0 Å². The van der Waals surface area contributed by atoms with E-state index in [4.69, 9.17) is 0 Å². The lowest BCUT2D eigenvalue weighted by atomic mass is 9.81. The molecular weight excluding hydrogens is 156 g/mol. The molecule has 0 amide bonds. The molecular formula is C13H27. The van der Waals surface area contributed by atoms with Gasteiger partial charge in [0.15, 0.2) is 0 Å². The van der Waals surface area contributed by atoms with Crippen molar-refractivity contribution >= 4 is 0 Å². The van der Waals surface area contributed by atoms with Gasteiger partial charge in [-0.25, -0.2) is 0 Å². The molecule has 13 heavy (non-hydrogen) atoms. The molecule has 0 spiro atoms. The first-order valence-electron chi connectivity index (χ1n) is 6.03. The van der Waals surface area contributed by atoms with Crippen molar-refractivity contribution < 1.29 is 0 Å². The van der Waals surface area contributed by atoms with Gasteiger partial charge in [-0.2, -0.15) is 0 Å². The molecule has 0 saturated heterocycles. The van der Waals surface area contributed by atoms with Crippen LogP contribution in [-0.2, 0) is 0 Å². The van der Waals surface area contributed by atoms with Crippen LogP contribution in [0.15, 0.2) is 0 Å². The predicted octanol–water partition coefficient (Wildman–Crippen LogP) is 4.84. The molecule has 0 nitrogen and oxygen atoms in total. The summed E-state index contributed by atoms with van der Waals surface area (Å²) in [6, 6.07) is 0. The largest absolute Gasteiger partial charge is 0.0651 e. The molecule has 0 aliphatic heterocycles. The third-order valence-electron chi connectivity index (χ3n) is 3.45. The van der Waals surface area contributed by atoms with E-state index in [2.05, 4.69) is 34.6 Å². The monoisotopic (exact) mass is 183 g/mol. The van der Waals surface area contributed by atoms with E-state index in [1.165, 1.54) is 32.1 Å². The van der Waals surface area contributed by atoms with Crippen LogP contribution in [0.2, 0.25) is 0 Å². The Morgan fingerprint density at radius 2 is 1.38 bits per heavy atom. The van der Waals surface area contributed by atoms with E-state index in [1.54, 1.807) is 5.92 Å². The summed E-state index contributed by atoms with van der Waals surface area (Å²) in [5.41, 5.74) is 0. The van der Waals surface area contributed by atoms with Crippen molar-refractivity contribution in [1.82, 2.24) is 0 Å². The van der Waals surface area contributed by atoms with Crippen molar-refractivity contribution in [1.29, 1.82) is 0 Å². The third-order valence-corrected chi connectivity index (χ3v) is 3.45. The van der Waals surface area contributed by atoms with Crippen molar-refractivity contribution in [2.24, 2.45) is 11.8 Å². The Hall–Kier alpha value is 0. The summed E-state index contributed by atoms with van der Waals surface area (Å²) >= 11 is 0. The van der Waals surface area contributed by atoms with E-state index in [0.29, 0.717) is 0 Å². The summed E-state index contributed by atoms with van der Waals surface area (Å²) in [5.74, 6) is 3.55. The van der Waals surface area contributed by atoms with Gasteiger partial charge in [-0.3, -0.25) is 0 Å². The average Bonchev–Trinajstić information content (AvgIpc) is 2.16. The fourth-order valence-corrected chi connectivity index (χ4v) is 2.24. The first kappa shape index (κ1) is 13.0. The molecule has 0 fully saturated rings. The molecule has 0 aliphatic carbocycles. The van der Waals surface area contributed by atoms with Gasteiger partial charge in [0.25, 0.3) is 0 Å². The molecule has 0 saturated carbocycles. The van der Waals surface area contributed by atoms with Gasteiger partial charge in [-0.1, -0.05) is 47.5 Å². The Balaban J connectivity index is 3.87. The summed E-state index contributed by atoms with van der Waals surface area (Å²) < 4.78 is 0. The van der Waals surface area contributed by atoms with E-state index in [0.717, 1.165) is 11.8 Å². The fourth-order valence-electron chi connectivity index (χ4n) is 2.24. The number of hydrogen-bond donors (Lipinski definition) is 0. The van der Waals surface area contributed by atoms with Gasteiger partial charge in [0.1, 0.15) is 0 Å². The van der Waals surface area contributed by atoms with Crippen LogP contribution in [0.25, 0.3) is 0 Å². The Labute approximate surface area is 85.1 Å². The van der Waals surface area contributed by atoms with Crippen molar-refractivity contribution in [2.45, 2.75) is 66.7 Å². The van der Waals surface area contributed by atoms with Crippen LogP contribution >= 0.6 is 0 Å². The molecule has 0 N–H and O–H groups in total. The molecule has 0 aromatic rings. The van der Waals surface area contributed by atoms with Crippen LogP contribution in [0.5, 0.6) is 0 Å². The van der Waals surface area contributed by atoms with E-state index < -0.39 is 0 Å². The minimum absolute atomic E-state index is 0.847. The molecule has 0 aromatic carbocycles. The van der Waals surface area contributed by atoms with Crippen LogP contribution in [0.3, 0.4) is 0 Å².